The van der Waals surface area contributed by atoms with E-state index in [-0.39, 0.29) is 11.8 Å². The molecular weight excluding hydrogens is 253 g/mol. The zero-order chi connectivity index (χ0) is 14.9. The van der Waals surface area contributed by atoms with Crippen molar-refractivity contribution in [1.82, 2.24) is 0 Å². The van der Waals surface area contributed by atoms with Crippen LogP contribution in [-0.4, -0.2) is 5.11 Å². The van der Waals surface area contributed by atoms with Crippen LogP contribution in [0, 0.1) is 26.6 Å². The van der Waals surface area contributed by atoms with Gasteiger partial charge < -0.3 is 10.4 Å². The summed E-state index contributed by atoms with van der Waals surface area (Å²) in [6.07, 6.45) is 0. The summed E-state index contributed by atoms with van der Waals surface area (Å²) >= 11 is 0. The lowest BCUT2D eigenvalue weighted by atomic mass is 9.95. The van der Waals surface area contributed by atoms with Gasteiger partial charge in [0.15, 0.2) is 11.6 Å². The van der Waals surface area contributed by atoms with Crippen LogP contribution in [0.4, 0.5) is 10.1 Å². The van der Waals surface area contributed by atoms with Crippen LogP contribution in [0.2, 0.25) is 0 Å². The van der Waals surface area contributed by atoms with Gasteiger partial charge in [0.25, 0.3) is 0 Å². The minimum absolute atomic E-state index is 0.0690. The van der Waals surface area contributed by atoms with Crippen molar-refractivity contribution in [3.8, 4) is 5.75 Å². The molecule has 2 N–H and O–H groups in total. The molecule has 0 saturated heterocycles. The van der Waals surface area contributed by atoms with Crippen molar-refractivity contribution in [3.63, 3.8) is 0 Å². The van der Waals surface area contributed by atoms with Crippen molar-refractivity contribution in [1.29, 1.82) is 0 Å². The molecule has 0 heterocycles. The van der Waals surface area contributed by atoms with Crippen molar-refractivity contribution in [3.05, 3.63) is 58.4 Å². The van der Waals surface area contributed by atoms with Crippen molar-refractivity contribution in [2.75, 3.05) is 5.32 Å². The first-order valence-corrected chi connectivity index (χ1v) is 6.71. The highest BCUT2D eigenvalue weighted by molar-refractivity contribution is 5.50. The smallest absolute Gasteiger partial charge is 0.166 e. The van der Waals surface area contributed by atoms with E-state index >= 15 is 0 Å². The third-order valence-corrected chi connectivity index (χ3v) is 3.50. The van der Waals surface area contributed by atoms with Crippen LogP contribution in [-0.2, 0) is 0 Å². The van der Waals surface area contributed by atoms with Gasteiger partial charge in [0.05, 0.1) is 0 Å². The second-order valence-electron chi connectivity index (χ2n) is 5.34. The van der Waals surface area contributed by atoms with Crippen LogP contribution in [0.25, 0.3) is 0 Å². The van der Waals surface area contributed by atoms with E-state index in [4.69, 9.17) is 0 Å². The van der Waals surface area contributed by atoms with Gasteiger partial charge in [-0.2, -0.15) is 0 Å². The van der Waals surface area contributed by atoms with Crippen LogP contribution in [0.1, 0.15) is 35.2 Å². The lowest BCUT2D eigenvalue weighted by molar-refractivity contribution is 0.432. The fourth-order valence-corrected chi connectivity index (χ4v) is 2.79. The quantitative estimate of drug-likeness (QED) is 0.799. The molecule has 0 amide bonds. The number of phenolic OH excluding ortho intramolecular Hbond substituents is 1. The molecule has 2 rings (SSSR count). The number of hydrogen-bond acceptors (Lipinski definition) is 2. The zero-order valence-corrected chi connectivity index (χ0v) is 12.3. The molecule has 3 heteroatoms. The summed E-state index contributed by atoms with van der Waals surface area (Å²) in [7, 11) is 0. The second kappa shape index (κ2) is 5.53. The summed E-state index contributed by atoms with van der Waals surface area (Å²) in [6, 6.07) is 8.72. The number of hydrogen-bond donors (Lipinski definition) is 2. The molecule has 2 aromatic carbocycles. The lowest BCUT2D eigenvalue weighted by Gasteiger charge is -2.21. The van der Waals surface area contributed by atoms with E-state index in [0.717, 1.165) is 0 Å². The Bertz CT molecular complexity index is 614. The Hall–Kier alpha value is -2.03. The van der Waals surface area contributed by atoms with Gasteiger partial charge in [0.1, 0.15) is 0 Å². The average Bonchev–Trinajstić information content (AvgIpc) is 2.32. The monoisotopic (exact) mass is 273 g/mol. The standard InChI is InChI=1S/C17H20FNO/c1-10-7-11(2)17(12(3)8-10)13(4)19-14-5-6-16(20)15(18)9-14/h5-9,13,19-20H,1-4H3. The molecule has 0 radical (unpaired) electrons. The van der Waals surface area contributed by atoms with Gasteiger partial charge in [-0.25, -0.2) is 4.39 Å². The van der Waals surface area contributed by atoms with Crippen LogP contribution >= 0.6 is 0 Å². The summed E-state index contributed by atoms with van der Waals surface area (Å²) in [5, 5.41) is 12.5. The largest absolute Gasteiger partial charge is 0.505 e. The molecule has 0 aromatic heterocycles. The minimum atomic E-state index is -0.612. The summed E-state index contributed by atoms with van der Waals surface area (Å²) in [6.45, 7) is 8.31. The number of anilines is 1. The van der Waals surface area contributed by atoms with E-state index in [9.17, 15) is 9.50 Å². The maximum Gasteiger partial charge on any atom is 0.166 e. The highest BCUT2D eigenvalue weighted by Gasteiger charge is 2.12. The SMILES string of the molecule is Cc1cc(C)c(C(C)Nc2ccc(O)c(F)c2)c(C)c1. The van der Waals surface area contributed by atoms with Gasteiger partial charge in [-0.3, -0.25) is 0 Å². The van der Waals surface area contributed by atoms with Crippen molar-refractivity contribution < 1.29 is 9.50 Å². The summed E-state index contributed by atoms with van der Waals surface area (Å²) in [5.74, 6) is -0.939. The first kappa shape index (κ1) is 14.4. The van der Waals surface area contributed by atoms with Gasteiger partial charge in [-0.1, -0.05) is 17.7 Å². The predicted octanol–water partition coefficient (Wildman–Crippen LogP) is 4.63. The third kappa shape index (κ3) is 2.93. The molecule has 0 saturated carbocycles. The molecule has 1 atom stereocenters. The van der Waals surface area contributed by atoms with Crippen molar-refractivity contribution in [2.45, 2.75) is 33.7 Å². The molecule has 0 spiro atoms. The van der Waals surface area contributed by atoms with Gasteiger partial charge in [-0.05, 0) is 56.5 Å². The Morgan fingerprint density at radius 2 is 1.65 bits per heavy atom. The number of aryl methyl sites for hydroxylation is 3. The van der Waals surface area contributed by atoms with Crippen molar-refractivity contribution in [2.24, 2.45) is 0 Å². The maximum absolute atomic E-state index is 13.4. The second-order valence-corrected chi connectivity index (χ2v) is 5.34. The molecule has 0 bridgehead atoms. The van der Waals surface area contributed by atoms with Gasteiger partial charge in [-0.15, -0.1) is 0 Å². The number of nitrogens with one attached hydrogen (secondary N) is 1. The van der Waals surface area contributed by atoms with Crippen LogP contribution < -0.4 is 5.32 Å². The van der Waals surface area contributed by atoms with Crippen LogP contribution in [0.5, 0.6) is 5.75 Å². The first-order valence-electron chi connectivity index (χ1n) is 6.71. The molecule has 0 fully saturated rings. The molecule has 2 aromatic rings. The fourth-order valence-electron chi connectivity index (χ4n) is 2.79. The lowest BCUT2D eigenvalue weighted by Crippen LogP contribution is -2.10. The van der Waals surface area contributed by atoms with E-state index in [1.54, 1.807) is 6.07 Å². The average molecular weight is 273 g/mol. The number of rotatable bonds is 3. The molecular formula is C17H20FNO. The maximum atomic E-state index is 13.4. The molecule has 2 nitrogen and oxygen atoms in total. The predicted molar refractivity (Wildman–Crippen MR) is 80.8 cm³/mol. The Morgan fingerprint density at radius 3 is 2.20 bits per heavy atom. The van der Waals surface area contributed by atoms with Gasteiger partial charge in [0.2, 0.25) is 0 Å². The van der Waals surface area contributed by atoms with Gasteiger partial charge in [0, 0.05) is 17.8 Å². The highest BCUT2D eigenvalue weighted by atomic mass is 19.1. The molecule has 0 aliphatic rings. The summed E-state index contributed by atoms with van der Waals surface area (Å²) in [5.41, 5.74) is 5.58. The van der Waals surface area contributed by atoms with Crippen LogP contribution in [0.15, 0.2) is 30.3 Å². The normalized spacial score (nSPS) is 12.2. The molecule has 0 aliphatic heterocycles. The number of aromatic hydroxyl groups is 1. The van der Waals surface area contributed by atoms with E-state index in [0.29, 0.717) is 5.69 Å². The first-order chi connectivity index (χ1) is 9.38. The van der Waals surface area contributed by atoms with Crippen LogP contribution in [0.3, 0.4) is 0 Å². The molecule has 0 aliphatic carbocycles. The molecule has 1 unspecified atom stereocenters. The van der Waals surface area contributed by atoms with E-state index in [2.05, 4.69) is 45.1 Å². The molecule has 106 valence electrons. The fraction of sp³-hybridized carbons (Fsp3) is 0.294. The molecule has 20 heavy (non-hydrogen) atoms. The van der Waals surface area contributed by atoms with Crippen molar-refractivity contribution >= 4 is 5.69 Å². The van der Waals surface area contributed by atoms with E-state index in [1.165, 1.54) is 34.4 Å². The zero-order valence-electron chi connectivity index (χ0n) is 12.3. The topological polar surface area (TPSA) is 32.3 Å². The van der Waals surface area contributed by atoms with Gasteiger partial charge >= 0.3 is 0 Å². The number of phenols is 1. The van der Waals surface area contributed by atoms with E-state index < -0.39 is 5.82 Å². The highest BCUT2D eigenvalue weighted by Crippen LogP contribution is 2.28. The minimum Gasteiger partial charge on any atom is -0.505 e. The Kier molecular flexibility index (Phi) is 3.98. The number of halogens is 1. The Morgan fingerprint density at radius 1 is 1.05 bits per heavy atom. The number of benzene rings is 2. The third-order valence-electron chi connectivity index (χ3n) is 3.50. The summed E-state index contributed by atoms with van der Waals surface area (Å²) < 4.78 is 13.4. The summed E-state index contributed by atoms with van der Waals surface area (Å²) in [4.78, 5) is 0. The Balaban J connectivity index is 2.28. The van der Waals surface area contributed by atoms with E-state index in [1.807, 2.05) is 0 Å². The Labute approximate surface area is 119 Å².